The van der Waals surface area contributed by atoms with E-state index >= 15 is 0 Å². The second-order valence-corrected chi connectivity index (χ2v) is 10.1. The highest BCUT2D eigenvalue weighted by molar-refractivity contribution is 5.87. The van der Waals surface area contributed by atoms with Gasteiger partial charge >= 0.3 is 0 Å². The van der Waals surface area contributed by atoms with E-state index in [1.165, 1.54) is 30.5 Å². The summed E-state index contributed by atoms with van der Waals surface area (Å²) in [5, 5.41) is 27.5. The Kier molecular flexibility index (Phi) is 6.71. The Labute approximate surface area is 201 Å². The largest absolute Gasteiger partial charge is 0.382 e. The summed E-state index contributed by atoms with van der Waals surface area (Å²) in [6.45, 7) is 10.5. The molecule has 0 bridgehead atoms. The maximum atomic E-state index is 4.39. The number of hydrogen-bond acceptors (Lipinski definition) is 8. The predicted octanol–water partition coefficient (Wildman–Crippen LogP) is 3.53. The molecule has 3 heterocycles. The number of nitrogens with one attached hydrogen (secondary N) is 2. The number of nitrogens with zero attached hydrogens (tertiary/aromatic N) is 7. The van der Waals surface area contributed by atoms with Crippen molar-refractivity contribution in [3.8, 4) is 11.4 Å². The standard InChI is InChI=1S/C25H35N9/c1-17(2)12-19-13-22(27-20-6-4-7-20)24(25-29-31-32-30-25)23(14-19)34-11-10-33(18(3)15-34)16-21-8-5-9-26-28-21/h5,8-9,13-14,17-18,20,27H,4,6-7,10-12,15-16H2,1-3H3,(H,29,30,31,32)/t18-/m0/s1. The van der Waals surface area contributed by atoms with Crippen LogP contribution in [0.3, 0.4) is 0 Å². The lowest BCUT2D eigenvalue weighted by molar-refractivity contribution is 0.178. The van der Waals surface area contributed by atoms with Gasteiger partial charge in [0.1, 0.15) is 0 Å². The Morgan fingerprint density at radius 2 is 2.06 bits per heavy atom. The molecule has 0 amide bonds. The lowest BCUT2D eigenvalue weighted by Gasteiger charge is -2.42. The molecule has 2 aromatic heterocycles. The Balaban J connectivity index is 1.46. The van der Waals surface area contributed by atoms with Gasteiger partial charge < -0.3 is 10.2 Å². The first-order valence-electron chi connectivity index (χ1n) is 12.5. The van der Waals surface area contributed by atoms with Crippen molar-refractivity contribution < 1.29 is 0 Å². The van der Waals surface area contributed by atoms with Gasteiger partial charge in [0.15, 0.2) is 0 Å². The Hall–Kier alpha value is -3.07. The lowest BCUT2D eigenvalue weighted by Crippen LogP contribution is -2.51. The van der Waals surface area contributed by atoms with E-state index in [0.717, 1.165) is 49.5 Å². The van der Waals surface area contributed by atoms with Gasteiger partial charge in [0.2, 0.25) is 5.82 Å². The first-order valence-corrected chi connectivity index (χ1v) is 12.5. The Bertz CT molecular complexity index is 1060. The molecule has 1 saturated carbocycles. The molecule has 1 atom stereocenters. The van der Waals surface area contributed by atoms with Crippen molar-refractivity contribution >= 4 is 11.4 Å². The van der Waals surface area contributed by atoms with Gasteiger partial charge in [-0.3, -0.25) is 4.90 Å². The zero-order valence-corrected chi connectivity index (χ0v) is 20.4. The van der Waals surface area contributed by atoms with Crippen molar-refractivity contribution in [1.82, 2.24) is 35.7 Å². The molecule has 1 aliphatic carbocycles. The van der Waals surface area contributed by atoms with Crippen LogP contribution in [0.15, 0.2) is 30.5 Å². The van der Waals surface area contributed by atoms with Crippen LogP contribution in [0.4, 0.5) is 11.4 Å². The topological polar surface area (TPSA) is 98.8 Å². The Morgan fingerprint density at radius 3 is 2.71 bits per heavy atom. The molecule has 3 aromatic rings. The number of benzene rings is 1. The smallest absolute Gasteiger partial charge is 0.208 e. The molecule has 180 valence electrons. The molecule has 0 spiro atoms. The van der Waals surface area contributed by atoms with Crippen molar-refractivity contribution in [1.29, 1.82) is 0 Å². The van der Waals surface area contributed by atoms with E-state index in [0.29, 0.717) is 23.8 Å². The first-order chi connectivity index (χ1) is 16.6. The summed E-state index contributed by atoms with van der Waals surface area (Å²) in [4.78, 5) is 4.99. The van der Waals surface area contributed by atoms with Crippen LogP contribution in [0.2, 0.25) is 0 Å². The summed E-state index contributed by atoms with van der Waals surface area (Å²) in [5.41, 5.74) is 5.76. The fourth-order valence-corrected chi connectivity index (χ4v) is 4.99. The molecule has 9 nitrogen and oxygen atoms in total. The van der Waals surface area contributed by atoms with Gasteiger partial charge in [0.05, 0.1) is 16.9 Å². The highest BCUT2D eigenvalue weighted by Crippen LogP contribution is 2.40. The summed E-state index contributed by atoms with van der Waals surface area (Å²) in [7, 11) is 0. The molecule has 1 aromatic carbocycles. The van der Waals surface area contributed by atoms with E-state index in [1.807, 2.05) is 12.1 Å². The van der Waals surface area contributed by atoms with E-state index in [1.54, 1.807) is 6.20 Å². The van der Waals surface area contributed by atoms with Gasteiger partial charge in [-0.1, -0.05) is 13.8 Å². The summed E-state index contributed by atoms with van der Waals surface area (Å²) >= 11 is 0. The number of rotatable bonds is 8. The Morgan fingerprint density at radius 1 is 1.18 bits per heavy atom. The van der Waals surface area contributed by atoms with Gasteiger partial charge in [0, 0.05) is 50.1 Å². The minimum atomic E-state index is 0.380. The van der Waals surface area contributed by atoms with Gasteiger partial charge in [0.25, 0.3) is 0 Å². The van der Waals surface area contributed by atoms with Crippen LogP contribution >= 0.6 is 0 Å². The summed E-state index contributed by atoms with van der Waals surface area (Å²) < 4.78 is 0. The van der Waals surface area contributed by atoms with E-state index in [-0.39, 0.29) is 0 Å². The van der Waals surface area contributed by atoms with Crippen LogP contribution in [0.1, 0.15) is 51.3 Å². The summed E-state index contributed by atoms with van der Waals surface area (Å²) in [5.74, 6) is 1.24. The van der Waals surface area contributed by atoms with Crippen LogP contribution in [0, 0.1) is 5.92 Å². The molecule has 1 saturated heterocycles. The second kappa shape index (κ2) is 10.0. The molecule has 1 aliphatic heterocycles. The SMILES string of the molecule is CC(C)Cc1cc(NC2CCC2)c(-c2nn[nH]n2)c(N2CCN(Cc3cccnn3)[C@@H](C)C2)c1. The van der Waals surface area contributed by atoms with Crippen LogP contribution in [-0.2, 0) is 13.0 Å². The predicted molar refractivity (Wildman–Crippen MR) is 134 cm³/mol. The van der Waals surface area contributed by atoms with Crippen molar-refractivity contribution in [2.45, 2.75) is 65.1 Å². The summed E-state index contributed by atoms with van der Waals surface area (Å²) in [6, 6.07) is 9.57. The van der Waals surface area contributed by atoms with E-state index in [4.69, 9.17) is 0 Å². The lowest BCUT2D eigenvalue weighted by atomic mass is 9.91. The third-order valence-electron chi connectivity index (χ3n) is 6.95. The molecule has 2 fully saturated rings. The van der Waals surface area contributed by atoms with Gasteiger partial charge in [-0.2, -0.15) is 15.4 Å². The van der Waals surface area contributed by atoms with E-state index in [2.05, 4.69) is 78.8 Å². The van der Waals surface area contributed by atoms with Crippen LogP contribution in [0.25, 0.3) is 11.4 Å². The normalized spacial score (nSPS) is 19.4. The van der Waals surface area contributed by atoms with E-state index in [9.17, 15) is 0 Å². The molecule has 9 heteroatoms. The fourth-order valence-electron chi connectivity index (χ4n) is 4.99. The van der Waals surface area contributed by atoms with Gasteiger partial charge in [-0.25, -0.2) is 0 Å². The quantitative estimate of drug-likeness (QED) is 0.526. The number of tetrazole rings is 1. The monoisotopic (exact) mass is 461 g/mol. The number of aromatic amines is 1. The minimum absolute atomic E-state index is 0.380. The average Bonchev–Trinajstić information content (AvgIpc) is 3.32. The zero-order valence-electron chi connectivity index (χ0n) is 20.4. The van der Waals surface area contributed by atoms with E-state index < -0.39 is 0 Å². The zero-order chi connectivity index (χ0) is 23.5. The van der Waals surface area contributed by atoms with Crippen molar-refractivity contribution in [3.05, 3.63) is 41.7 Å². The van der Waals surface area contributed by atoms with Crippen LogP contribution in [0.5, 0.6) is 0 Å². The highest BCUT2D eigenvalue weighted by Gasteiger charge is 2.29. The molecular formula is C25H35N9. The van der Waals surface area contributed by atoms with Crippen molar-refractivity contribution in [2.24, 2.45) is 5.92 Å². The van der Waals surface area contributed by atoms with Crippen molar-refractivity contribution in [2.75, 3.05) is 29.9 Å². The number of H-pyrrole nitrogens is 1. The van der Waals surface area contributed by atoms with Crippen LogP contribution < -0.4 is 10.2 Å². The number of anilines is 2. The molecule has 0 unspecified atom stereocenters. The molecule has 2 aliphatic rings. The number of aromatic nitrogens is 6. The maximum Gasteiger partial charge on any atom is 0.208 e. The van der Waals surface area contributed by atoms with Gasteiger partial charge in [-0.15, -0.1) is 10.2 Å². The second-order valence-electron chi connectivity index (χ2n) is 10.1. The molecule has 0 radical (unpaired) electrons. The number of piperazine rings is 1. The maximum absolute atomic E-state index is 4.39. The summed E-state index contributed by atoms with van der Waals surface area (Å²) in [6.07, 6.45) is 6.49. The van der Waals surface area contributed by atoms with Gasteiger partial charge in [-0.05, 0) is 73.6 Å². The molecule has 5 rings (SSSR count). The molecule has 34 heavy (non-hydrogen) atoms. The highest BCUT2D eigenvalue weighted by atomic mass is 15.5. The first kappa shape index (κ1) is 22.7. The van der Waals surface area contributed by atoms with Crippen molar-refractivity contribution in [3.63, 3.8) is 0 Å². The third kappa shape index (κ3) is 5.04. The third-order valence-corrected chi connectivity index (χ3v) is 6.95. The molecular weight excluding hydrogens is 426 g/mol. The minimum Gasteiger partial charge on any atom is -0.382 e. The average molecular weight is 462 g/mol. The number of hydrogen-bond donors (Lipinski definition) is 2. The fraction of sp³-hybridized carbons (Fsp3) is 0.560. The molecule has 2 N–H and O–H groups in total. The van der Waals surface area contributed by atoms with Crippen LogP contribution in [-0.4, -0.2) is 67.4 Å².